The molecule has 116 valence electrons. The van der Waals surface area contributed by atoms with E-state index in [1.807, 2.05) is 19.1 Å². The van der Waals surface area contributed by atoms with E-state index in [2.05, 4.69) is 11.6 Å². The molecule has 0 bridgehead atoms. The van der Waals surface area contributed by atoms with Crippen molar-refractivity contribution >= 4 is 22.4 Å². The second-order valence-electron chi connectivity index (χ2n) is 4.97. The van der Waals surface area contributed by atoms with Gasteiger partial charge in [-0.3, -0.25) is 0 Å². The first-order valence-electron chi connectivity index (χ1n) is 6.70. The molecule has 0 spiro atoms. The zero-order chi connectivity index (χ0) is 14.5. The van der Waals surface area contributed by atoms with Gasteiger partial charge in [-0.05, 0) is 37.5 Å². The van der Waals surface area contributed by atoms with Crippen LogP contribution in [0.2, 0.25) is 0 Å². The summed E-state index contributed by atoms with van der Waals surface area (Å²) in [4.78, 5) is 0.349. The summed E-state index contributed by atoms with van der Waals surface area (Å²) in [5, 5.41) is 0. The Morgan fingerprint density at radius 2 is 1.95 bits per heavy atom. The summed E-state index contributed by atoms with van der Waals surface area (Å²) in [6.07, 6.45) is 2.77. The molecule has 1 atom stereocenters. The molecule has 3 N–H and O–H groups in total. The third-order valence-electron chi connectivity index (χ3n) is 3.15. The van der Waals surface area contributed by atoms with Crippen molar-refractivity contribution < 1.29 is 8.42 Å². The number of benzene rings is 1. The minimum atomic E-state index is -3.49. The average molecular weight is 321 g/mol. The SMILES string of the molecule is CCCCC(CN)NS(=O)(=O)c1cc(C)ccc1C.Cl. The smallest absolute Gasteiger partial charge is 0.241 e. The van der Waals surface area contributed by atoms with Gasteiger partial charge in [0.25, 0.3) is 0 Å². The summed E-state index contributed by atoms with van der Waals surface area (Å²) in [7, 11) is -3.49. The molecule has 0 heterocycles. The van der Waals surface area contributed by atoms with E-state index < -0.39 is 10.0 Å². The molecular weight excluding hydrogens is 296 g/mol. The van der Waals surface area contributed by atoms with Crippen molar-refractivity contribution in [2.75, 3.05) is 6.54 Å². The molecule has 0 amide bonds. The van der Waals surface area contributed by atoms with Crippen LogP contribution >= 0.6 is 12.4 Å². The van der Waals surface area contributed by atoms with Crippen LogP contribution in [0.3, 0.4) is 0 Å². The molecule has 4 nitrogen and oxygen atoms in total. The lowest BCUT2D eigenvalue weighted by Crippen LogP contribution is -2.40. The van der Waals surface area contributed by atoms with Crippen molar-refractivity contribution in [3.05, 3.63) is 29.3 Å². The third-order valence-corrected chi connectivity index (χ3v) is 4.81. The first-order valence-corrected chi connectivity index (χ1v) is 8.18. The third kappa shape index (κ3) is 5.40. The van der Waals surface area contributed by atoms with Crippen LogP contribution in [0.1, 0.15) is 37.3 Å². The highest BCUT2D eigenvalue weighted by Gasteiger charge is 2.20. The van der Waals surface area contributed by atoms with Gasteiger partial charge in [0, 0.05) is 12.6 Å². The van der Waals surface area contributed by atoms with E-state index in [0.717, 1.165) is 30.4 Å². The second kappa shape index (κ2) is 8.62. The van der Waals surface area contributed by atoms with Gasteiger partial charge in [-0.15, -0.1) is 12.4 Å². The second-order valence-corrected chi connectivity index (χ2v) is 6.65. The van der Waals surface area contributed by atoms with Crippen LogP contribution in [0.25, 0.3) is 0 Å². The van der Waals surface area contributed by atoms with E-state index in [9.17, 15) is 8.42 Å². The van der Waals surface area contributed by atoms with Crippen molar-refractivity contribution in [1.82, 2.24) is 4.72 Å². The van der Waals surface area contributed by atoms with Gasteiger partial charge in [-0.1, -0.05) is 31.9 Å². The lowest BCUT2D eigenvalue weighted by atomic mass is 10.1. The molecule has 0 saturated heterocycles. The maximum atomic E-state index is 12.4. The van der Waals surface area contributed by atoms with Gasteiger partial charge < -0.3 is 5.73 Å². The summed E-state index contributed by atoms with van der Waals surface area (Å²) in [5.74, 6) is 0. The van der Waals surface area contributed by atoms with E-state index in [4.69, 9.17) is 5.73 Å². The van der Waals surface area contributed by atoms with Crippen LogP contribution < -0.4 is 10.5 Å². The molecular formula is C14H25ClN2O2S. The highest BCUT2D eigenvalue weighted by Crippen LogP contribution is 2.17. The molecule has 0 aliphatic rings. The Bertz CT molecular complexity index is 518. The lowest BCUT2D eigenvalue weighted by molar-refractivity contribution is 0.516. The number of hydrogen-bond donors (Lipinski definition) is 2. The number of halogens is 1. The van der Waals surface area contributed by atoms with Gasteiger partial charge in [0.05, 0.1) is 4.90 Å². The molecule has 0 saturated carbocycles. The molecule has 0 fully saturated rings. The van der Waals surface area contributed by atoms with E-state index in [0.29, 0.717) is 11.4 Å². The number of sulfonamides is 1. The fourth-order valence-corrected chi connectivity index (χ4v) is 3.57. The molecule has 0 aliphatic carbocycles. The van der Waals surface area contributed by atoms with Crippen molar-refractivity contribution in [2.45, 2.75) is 51.0 Å². The summed E-state index contributed by atoms with van der Waals surface area (Å²) in [6.45, 7) is 6.09. The number of nitrogens with two attached hydrogens (primary N) is 1. The predicted molar refractivity (Wildman–Crippen MR) is 85.9 cm³/mol. The Morgan fingerprint density at radius 3 is 2.50 bits per heavy atom. The normalized spacial score (nSPS) is 12.8. The molecule has 1 rings (SSSR count). The van der Waals surface area contributed by atoms with Crippen LogP contribution in [0.15, 0.2) is 23.1 Å². The maximum Gasteiger partial charge on any atom is 0.241 e. The predicted octanol–water partition coefficient (Wildman–Crippen LogP) is 2.52. The fourth-order valence-electron chi connectivity index (χ4n) is 1.96. The average Bonchev–Trinajstić information content (AvgIpc) is 2.37. The summed E-state index contributed by atoms with van der Waals surface area (Å²) in [6, 6.07) is 5.24. The van der Waals surface area contributed by atoms with Crippen molar-refractivity contribution in [1.29, 1.82) is 0 Å². The van der Waals surface area contributed by atoms with Crippen LogP contribution in [0.4, 0.5) is 0 Å². The minimum Gasteiger partial charge on any atom is -0.329 e. The van der Waals surface area contributed by atoms with E-state index in [1.54, 1.807) is 13.0 Å². The number of hydrogen-bond acceptors (Lipinski definition) is 3. The highest BCUT2D eigenvalue weighted by atomic mass is 35.5. The first-order chi connectivity index (χ1) is 8.90. The van der Waals surface area contributed by atoms with E-state index in [-0.39, 0.29) is 18.4 Å². The topological polar surface area (TPSA) is 72.2 Å². The van der Waals surface area contributed by atoms with Crippen LogP contribution in [0, 0.1) is 13.8 Å². The number of rotatable bonds is 7. The molecule has 20 heavy (non-hydrogen) atoms. The Morgan fingerprint density at radius 1 is 1.30 bits per heavy atom. The molecule has 6 heteroatoms. The van der Waals surface area contributed by atoms with Gasteiger partial charge >= 0.3 is 0 Å². The Hall–Kier alpha value is -0.620. The highest BCUT2D eigenvalue weighted by molar-refractivity contribution is 7.89. The molecule has 1 aromatic rings. The van der Waals surface area contributed by atoms with Gasteiger partial charge in [-0.2, -0.15) is 0 Å². The first kappa shape index (κ1) is 19.4. The van der Waals surface area contributed by atoms with Crippen LogP contribution in [0.5, 0.6) is 0 Å². The molecule has 1 unspecified atom stereocenters. The van der Waals surface area contributed by atoms with Crippen molar-refractivity contribution in [3.63, 3.8) is 0 Å². The standard InChI is InChI=1S/C14H24N2O2S.ClH/c1-4-5-6-13(10-15)16-19(17,18)14-9-11(2)7-8-12(14)3;/h7-9,13,16H,4-6,10,15H2,1-3H3;1H. The monoisotopic (exact) mass is 320 g/mol. The quantitative estimate of drug-likeness (QED) is 0.811. The zero-order valence-electron chi connectivity index (χ0n) is 12.3. The zero-order valence-corrected chi connectivity index (χ0v) is 14.0. The summed E-state index contributed by atoms with van der Waals surface area (Å²) >= 11 is 0. The van der Waals surface area contributed by atoms with E-state index in [1.165, 1.54) is 0 Å². The number of unbranched alkanes of at least 4 members (excludes halogenated alkanes) is 1. The van der Waals surface area contributed by atoms with Gasteiger partial charge in [0.15, 0.2) is 0 Å². The van der Waals surface area contributed by atoms with Gasteiger partial charge in [0.2, 0.25) is 10.0 Å². The summed E-state index contributed by atoms with van der Waals surface area (Å²) < 4.78 is 27.5. The van der Waals surface area contributed by atoms with Crippen LogP contribution in [-0.2, 0) is 10.0 Å². The Labute approximate surface area is 128 Å². The Balaban J connectivity index is 0.00000361. The fraction of sp³-hybridized carbons (Fsp3) is 0.571. The van der Waals surface area contributed by atoms with Gasteiger partial charge in [-0.25, -0.2) is 13.1 Å². The van der Waals surface area contributed by atoms with E-state index >= 15 is 0 Å². The molecule has 1 aromatic carbocycles. The molecule has 0 aromatic heterocycles. The minimum absolute atomic E-state index is 0. The molecule has 0 radical (unpaired) electrons. The van der Waals surface area contributed by atoms with Crippen LogP contribution in [-0.4, -0.2) is 21.0 Å². The molecule has 0 aliphatic heterocycles. The van der Waals surface area contributed by atoms with Crippen molar-refractivity contribution in [3.8, 4) is 0 Å². The Kier molecular flexibility index (Phi) is 8.35. The van der Waals surface area contributed by atoms with Gasteiger partial charge in [0.1, 0.15) is 0 Å². The number of nitrogens with one attached hydrogen (secondary N) is 1. The van der Waals surface area contributed by atoms with Crippen molar-refractivity contribution in [2.24, 2.45) is 5.73 Å². The number of aryl methyl sites for hydroxylation is 2. The summed E-state index contributed by atoms with van der Waals surface area (Å²) in [5.41, 5.74) is 7.33. The lowest BCUT2D eigenvalue weighted by Gasteiger charge is -2.17. The maximum absolute atomic E-state index is 12.4. The largest absolute Gasteiger partial charge is 0.329 e.